The first kappa shape index (κ1) is 15.4. The van der Waals surface area contributed by atoms with E-state index in [0.29, 0.717) is 6.61 Å². The highest BCUT2D eigenvalue weighted by Crippen LogP contribution is 2.22. The molecule has 3 nitrogen and oxygen atoms in total. The minimum Gasteiger partial charge on any atom is -0.494 e. The number of ether oxygens (including phenoxy) is 1. The van der Waals surface area contributed by atoms with E-state index in [1.807, 2.05) is 74.4 Å². The van der Waals surface area contributed by atoms with Gasteiger partial charge in [-0.05, 0) is 43.3 Å². The topological polar surface area (TPSA) is 24.8 Å². The Kier molecular flexibility index (Phi) is 5.23. The van der Waals surface area contributed by atoms with Crippen molar-refractivity contribution in [2.45, 2.75) is 6.92 Å². The summed E-state index contributed by atoms with van der Waals surface area (Å²) in [6, 6.07) is 15.4. The quantitative estimate of drug-likeness (QED) is 0.618. The van der Waals surface area contributed by atoms with Gasteiger partial charge in [-0.1, -0.05) is 17.7 Å². The van der Waals surface area contributed by atoms with Gasteiger partial charge in [0.1, 0.15) is 11.6 Å². The lowest BCUT2D eigenvalue weighted by atomic mass is 10.2. The van der Waals surface area contributed by atoms with Crippen LogP contribution in [0.3, 0.4) is 0 Å². The molecule has 2 aromatic rings. The summed E-state index contributed by atoms with van der Waals surface area (Å²) >= 11 is 5.94. The molecule has 0 atom stereocenters. The molecule has 0 N–H and O–H groups in total. The van der Waals surface area contributed by atoms with Crippen LogP contribution in [0.15, 0.2) is 53.5 Å². The van der Waals surface area contributed by atoms with Crippen LogP contribution in [-0.2, 0) is 0 Å². The van der Waals surface area contributed by atoms with Gasteiger partial charge in [0.25, 0.3) is 0 Å². The number of rotatable bonds is 4. The third kappa shape index (κ3) is 4.23. The minimum atomic E-state index is 0.644. The fraction of sp³-hybridized carbons (Fsp3) is 0.235. The van der Waals surface area contributed by atoms with E-state index >= 15 is 0 Å². The molecule has 0 spiro atoms. The van der Waals surface area contributed by atoms with Crippen LogP contribution in [0.4, 0.5) is 5.69 Å². The van der Waals surface area contributed by atoms with Crippen molar-refractivity contribution in [3.05, 3.63) is 59.1 Å². The molecule has 0 bridgehead atoms. The van der Waals surface area contributed by atoms with Gasteiger partial charge in [-0.25, -0.2) is 4.99 Å². The Morgan fingerprint density at radius 2 is 1.86 bits per heavy atom. The third-order valence-corrected chi connectivity index (χ3v) is 3.14. The summed E-state index contributed by atoms with van der Waals surface area (Å²) in [5, 5.41) is 0.718. The summed E-state index contributed by atoms with van der Waals surface area (Å²) in [5.74, 6) is 1.70. The van der Waals surface area contributed by atoms with E-state index in [0.717, 1.165) is 27.9 Å². The maximum Gasteiger partial charge on any atom is 0.136 e. The van der Waals surface area contributed by atoms with E-state index in [9.17, 15) is 0 Å². The first-order chi connectivity index (χ1) is 10.1. The largest absolute Gasteiger partial charge is 0.494 e. The van der Waals surface area contributed by atoms with Crippen LogP contribution in [-0.4, -0.2) is 31.4 Å². The van der Waals surface area contributed by atoms with Crippen LogP contribution >= 0.6 is 11.6 Å². The molecule has 21 heavy (non-hydrogen) atoms. The Labute approximate surface area is 130 Å². The zero-order chi connectivity index (χ0) is 15.2. The van der Waals surface area contributed by atoms with Gasteiger partial charge in [0.05, 0.1) is 12.3 Å². The Hall–Kier alpha value is -2.00. The molecule has 0 unspecified atom stereocenters. The number of halogens is 1. The summed E-state index contributed by atoms with van der Waals surface area (Å²) in [5.41, 5.74) is 1.88. The van der Waals surface area contributed by atoms with Crippen molar-refractivity contribution in [2.24, 2.45) is 4.99 Å². The normalized spacial score (nSPS) is 11.3. The van der Waals surface area contributed by atoms with Crippen molar-refractivity contribution in [1.82, 2.24) is 4.90 Å². The molecule has 0 aliphatic heterocycles. The van der Waals surface area contributed by atoms with Gasteiger partial charge in [0.15, 0.2) is 0 Å². The summed E-state index contributed by atoms with van der Waals surface area (Å²) in [4.78, 5) is 6.70. The highest BCUT2D eigenvalue weighted by molar-refractivity contribution is 6.30. The predicted molar refractivity (Wildman–Crippen MR) is 88.9 cm³/mol. The molecule has 0 aromatic heterocycles. The van der Waals surface area contributed by atoms with Gasteiger partial charge in [0.2, 0.25) is 0 Å². The molecule has 2 rings (SSSR count). The molecular weight excluding hydrogens is 284 g/mol. The van der Waals surface area contributed by atoms with Gasteiger partial charge in [-0.3, -0.25) is 0 Å². The van der Waals surface area contributed by atoms with E-state index in [4.69, 9.17) is 21.3 Å². The fourth-order valence-corrected chi connectivity index (χ4v) is 2.08. The lowest BCUT2D eigenvalue weighted by Crippen LogP contribution is -2.22. The van der Waals surface area contributed by atoms with Crippen LogP contribution in [0, 0.1) is 0 Å². The van der Waals surface area contributed by atoms with Crippen LogP contribution in [0.1, 0.15) is 12.5 Å². The molecule has 4 heteroatoms. The molecule has 0 fully saturated rings. The highest BCUT2D eigenvalue weighted by atomic mass is 35.5. The van der Waals surface area contributed by atoms with E-state index in [2.05, 4.69) is 0 Å². The second-order valence-electron chi connectivity index (χ2n) is 4.77. The van der Waals surface area contributed by atoms with Crippen LogP contribution in [0.2, 0.25) is 5.02 Å². The SMILES string of the molecule is CCOc1cccc(N=C(c2ccc(Cl)cc2)N(C)C)c1. The second kappa shape index (κ2) is 7.14. The van der Waals surface area contributed by atoms with Gasteiger partial charge in [-0.15, -0.1) is 0 Å². The van der Waals surface area contributed by atoms with Crippen molar-refractivity contribution in [3.8, 4) is 5.75 Å². The molecule has 110 valence electrons. The van der Waals surface area contributed by atoms with Crippen molar-refractivity contribution in [3.63, 3.8) is 0 Å². The molecule has 0 aliphatic rings. The maximum atomic E-state index is 5.94. The maximum absolute atomic E-state index is 5.94. The first-order valence-electron chi connectivity index (χ1n) is 6.85. The first-order valence-corrected chi connectivity index (χ1v) is 7.22. The standard InChI is InChI=1S/C17H19ClN2O/c1-4-21-16-7-5-6-15(12-16)19-17(20(2)3)13-8-10-14(18)11-9-13/h5-12H,4H2,1-3H3. The summed E-state index contributed by atoms with van der Waals surface area (Å²) in [7, 11) is 3.94. The molecule has 0 amide bonds. The molecule has 0 aliphatic carbocycles. The molecule has 0 heterocycles. The Bertz CT molecular complexity index is 621. The number of aliphatic imine (C=N–C) groups is 1. The van der Waals surface area contributed by atoms with Crippen molar-refractivity contribution in [2.75, 3.05) is 20.7 Å². The number of hydrogen-bond acceptors (Lipinski definition) is 2. The summed E-state index contributed by atoms with van der Waals surface area (Å²) < 4.78 is 5.51. The van der Waals surface area contributed by atoms with Crippen LogP contribution in [0.5, 0.6) is 5.75 Å². The van der Waals surface area contributed by atoms with E-state index < -0.39 is 0 Å². The second-order valence-corrected chi connectivity index (χ2v) is 5.20. The lowest BCUT2D eigenvalue weighted by Gasteiger charge is -2.16. The van der Waals surface area contributed by atoms with Crippen molar-refractivity contribution < 1.29 is 4.74 Å². The van der Waals surface area contributed by atoms with Gasteiger partial charge in [-0.2, -0.15) is 0 Å². The van der Waals surface area contributed by atoms with Crippen molar-refractivity contribution in [1.29, 1.82) is 0 Å². The zero-order valence-corrected chi connectivity index (χ0v) is 13.3. The third-order valence-electron chi connectivity index (χ3n) is 2.89. The Balaban J connectivity index is 2.37. The average Bonchev–Trinajstić information content (AvgIpc) is 2.46. The highest BCUT2D eigenvalue weighted by Gasteiger charge is 2.07. The number of benzene rings is 2. The molecule has 0 saturated heterocycles. The number of nitrogens with zero attached hydrogens (tertiary/aromatic N) is 2. The summed E-state index contributed by atoms with van der Waals surface area (Å²) in [6.45, 7) is 2.61. The fourth-order valence-electron chi connectivity index (χ4n) is 1.95. The minimum absolute atomic E-state index is 0.644. The van der Waals surface area contributed by atoms with Gasteiger partial charge >= 0.3 is 0 Å². The number of amidine groups is 1. The van der Waals surface area contributed by atoms with Gasteiger partial charge in [0, 0.05) is 30.7 Å². The number of hydrogen-bond donors (Lipinski definition) is 0. The Morgan fingerprint density at radius 3 is 2.48 bits per heavy atom. The Morgan fingerprint density at radius 1 is 1.14 bits per heavy atom. The summed E-state index contributed by atoms with van der Waals surface area (Å²) in [6.07, 6.45) is 0. The zero-order valence-electron chi connectivity index (χ0n) is 12.5. The van der Waals surface area contributed by atoms with Crippen molar-refractivity contribution >= 4 is 23.1 Å². The predicted octanol–water partition coefficient (Wildman–Crippen LogP) is 4.38. The smallest absolute Gasteiger partial charge is 0.136 e. The molecule has 2 aromatic carbocycles. The van der Waals surface area contributed by atoms with Crippen LogP contribution < -0.4 is 4.74 Å². The average molecular weight is 303 g/mol. The molecule has 0 radical (unpaired) electrons. The van der Waals surface area contributed by atoms with E-state index in [-0.39, 0.29) is 0 Å². The monoisotopic (exact) mass is 302 g/mol. The van der Waals surface area contributed by atoms with Crippen LogP contribution in [0.25, 0.3) is 0 Å². The molecular formula is C17H19ClN2O. The van der Waals surface area contributed by atoms with Gasteiger partial charge < -0.3 is 9.64 Å². The molecule has 0 saturated carbocycles. The van der Waals surface area contributed by atoms with E-state index in [1.165, 1.54) is 0 Å². The van der Waals surface area contributed by atoms with E-state index in [1.54, 1.807) is 0 Å². The lowest BCUT2D eigenvalue weighted by molar-refractivity contribution is 0.340.